The van der Waals surface area contributed by atoms with Gasteiger partial charge in [-0.25, -0.2) is 0 Å². The zero-order valence-electron chi connectivity index (χ0n) is 4.80. The molecule has 0 aromatic carbocycles. The minimum Gasteiger partial charge on any atom is -0.358 e. The monoisotopic (exact) mass is 289 g/mol. The van der Waals surface area contributed by atoms with Crippen LogP contribution in [-0.2, 0) is 22.4 Å². The Morgan fingerprint density at radius 2 is 1.00 bits per heavy atom. The van der Waals surface area contributed by atoms with Crippen LogP contribution < -0.4 is 0 Å². The molecule has 6 heavy (non-hydrogen) atoms. The second-order valence-corrected chi connectivity index (χ2v) is 1.50. The average molecular weight is 289 g/mol. The van der Waals surface area contributed by atoms with Crippen molar-refractivity contribution in [1.82, 2.24) is 0 Å². The van der Waals surface area contributed by atoms with Gasteiger partial charge < -0.3 is 14.9 Å². The van der Waals surface area contributed by atoms with E-state index in [2.05, 4.69) is 13.3 Å². The van der Waals surface area contributed by atoms with E-state index in [-0.39, 0.29) is 37.2 Å². The first kappa shape index (κ1) is 27.2. The third-order valence-electron chi connectivity index (χ3n) is 0. The van der Waals surface area contributed by atoms with Crippen molar-refractivity contribution in [3.05, 3.63) is 14.9 Å². The van der Waals surface area contributed by atoms with Crippen LogP contribution in [-0.4, -0.2) is 13.3 Å². The molecular weight excluding hydrogens is 276 g/mol. The van der Waals surface area contributed by atoms with Crippen molar-refractivity contribution < 1.29 is 22.4 Å². The maximum atomic E-state index is 2.15. The van der Waals surface area contributed by atoms with Crippen molar-refractivity contribution in [3.8, 4) is 0 Å². The number of hydrogen-bond donors (Lipinski definition) is 0. The van der Waals surface area contributed by atoms with E-state index in [0.29, 0.717) is 0 Å². The Labute approximate surface area is 59.4 Å². The Morgan fingerprint density at radius 1 is 1.00 bits per heavy atom. The molecule has 0 fully saturated rings. The van der Waals surface area contributed by atoms with Gasteiger partial charge in [-0.2, -0.15) is 0 Å². The Bertz CT molecular complexity index is 7.51. The van der Waals surface area contributed by atoms with Crippen LogP contribution >= 0.6 is 8.58 Å². The summed E-state index contributed by atoms with van der Waals surface area (Å²) in [5.74, 6) is 0. The van der Waals surface area contributed by atoms with Crippen molar-refractivity contribution in [2.75, 3.05) is 13.3 Å². The van der Waals surface area contributed by atoms with E-state index >= 15 is 0 Å². The molecule has 0 aliphatic heterocycles. The van der Waals surface area contributed by atoms with Gasteiger partial charge in [0.05, 0.1) is 0 Å². The fraction of sp³-hybridized carbons (Fsp3) is 0.500. The molecule has 1 radical (unpaired) electrons. The number of rotatable bonds is 0. The minimum absolute atomic E-state index is 0. The first-order valence-corrected chi connectivity index (χ1v) is 3.00. The summed E-state index contributed by atoms with van der Waals surface area (Å²) in [6, 6.07) is 0. The molecule has 47 valence electrons. The summed E-state index contributed by atoms with van der Waals surface area (Å²) in [5.41, 5.74) is 0. The van der Waals surface area contributed by atoms with Gasteiger partial charge in [-0.05, 0) is 13.3 Å². The summed E-state index contributed by atoms with van der Waals surface area (Å²) in [5, 5.41) is 0. The van der Waals surface area contributed by atoms with E-state index in [1.165, 1.54) is 0 Å². The SMILES string of the molecule is CPC.[Au].[CH3-].[CH3-]. The van der Waals surface area contributed by atoms with E-state index in [9.17, 15) is 0 Å². The topological polar surface area (TPSA) is 0 Å². The van der Waals surface area contributed by atoms with Crippen LogP contribution in [0.1, 0.15) is 0 Å². The average Bonchev–Trinajstić information content (AvgIpc) is 0.918. The van der Waals surface area contributed by atoms with Gasteiger partial charge in [0.15, 0.2) is 0 Å². The van der Waals surface area contributed by atoms with Gasteiger partial charge in [0.2, 0.25) is 0 Å². The molecule has 0 spiro atoms. The first-order chi connectivity index (χ1) is 1.41. The molecule has 2 heteroatoms. The van der Waals surface area contributed by atoms with Gasteiger partial charge in [-0.3, -0.25) is 0 Å². The van der Waals surface area contributed by atoms with Crippen LogP contribution in [0.3, 0.4) is 0 Å². The van der Waals surface area contributed by atoms with Crippen LogP contribution in [0.5, 0.6) is 0 Å². The van der Waals surface area contributed by atoms with Crippen molar-refractivity contribution in [2.45, 2.75) is 0 Å². The maximum Gasteiger partial charge on any atom is 0 e. The van der Waals surface area contributed by atoms with Crippen molar-refractivity contribution >= 4 is 8.58 Å². The molecule has 0 saturated carbocycles. The molecule has 0 rings (SSSR count). The van der Waals surface area contributed by atoms with E-state index in [4.69, 9.17) is 0 Å². The number of hydrogen-bond acceptors (Lipinski definition) is 0. The summed E-state index contributed by atoms with van der Waals surface area (Å²) < 4.78 is 0. The first-order valence-electron chi connectivity index (χ1n) is 1.00. The van der Waals surface area contributed by atoms with Crippen LogP contribution in [0, 0.1) is 14.9 Å². The zero-order chi connectivity index (χ0) is 2.71. The normalized spacial score (nSPS) is 3.00. The van der Waals surface area contributed by atoms with Crippen LogP contribution in [0.25, 0.3) is 0 Å². The van der Waals surface area contributed by atoms with Crippen LogP contribution in [0.15, 0.2) is 0 Å². The molecule has 0 aromatic rings. The van der Waals surface area contributed by atoms with E-state index < -0.39 is 0 Å². The molecule has 0 atom stereocenters. The molecule has 0 aromatic heterocycles. The summed E-state index contributed by atoms with van der Waals surface area (Å²) in [6.45, 7) is 4.31. The molecule has 0 bridgehead atoms. The molecule has 0 amide bonds. The minimum atomic E-state index is 0. The summed E-state index contributed by atoms with van der Waals surface area (Å²) in [7, 11) is 1.08. The van der Waals surface area contributed by atoms with Gasteiger partial charge in [0, 0.05) is 22.4 Å². The third-order valence-corrected chi connectivity index (χ3v) is 0. The Kier molecular flexibility index (Phi) is 159. The smallest absolute Gasteiger partial charge is 0 e. The van der Waals surface area contributed by atoms with Gasteiger partial charge in [0.1, 0.15) is 0 Å². The van der Waals surface area contributed by atoms with Crippen molar-refractivity contribution in [2.24, 2.45) is 0 Å². The second-order valence-electron chi connectivity index (χ2n) is 0.500. The van der Waals surface area contributed by atoms with Crippen LogP contribution in [0.2, 0.25) is 0 Å². The Hall–Kier alpha value is 1.17. The van der Waals surface area contributed by atoms with Gasteiger partial charge in [0.25, 0.3) is 0 Å². The fourth-order valence-corrected chi connectivity index (χ4v) is 0. The zero-order valence-corrected chi connectivity index (χ0v) is 7.97. The molecule has 0 N–H and O–H groups in total. The molecule has 0 heterocycles. The van der Waals surface area contributed by atoms with Crippen LogP contribution in [0.4, 0.5) is 0 Å². The van der Waals surface area contributed by atoms with E-state index in [1.807, 2.05) is 0 Å². The van der Waals surface area contributed by atoms with Gasteiger partial charge in [-0.1, -0.05) is 0 Å². The predicted octanol–water partition coefficient (Wildman–Crippen LogP) is 1.82. The Morgan fingerprint density at radius 3 is 1.00 bits per heavy atom. The summed E-state index contributed by atoms with van der Waals surface area (Å²) >= 11 is 0. The molecule has 0 aliphatic carbocycles. The maximum absolute atomic E-state index is 2.15. The van der Waals surface area contributed by atoms with Crippen molar-refractivity contribution in [3.63, 3.8) is 0 Å². The van der Waals surface area contributed by atoms with E-state index in [0.717, 1.165) is 8.58 Å². The van der Waals surface area contributed by atoms with Gasteiger partial charge in [-0.15, -0.1) is 8.58 Å². The summed E-state index contributed by atoms with van der Waals surface area (Å²) in [4.78, 5) is 0. The molecule has 0 saturated heterocycles. The van der Waals surface area contributed by atoms with Gasteiger partial charge >= 0.3 is 0 Å². The molecule has 0 aliphatic rings. The third kappa shape index (κ3) is 65.7. The Balaban J connectivity index is -0.00000000667. The van der Waals surface area contributed by atoms with Crippen molar-refractivity contribution in [1.29, 1.82) is 0 Å². The standard InChI is InChI=1S/C2H7P.2CH3.Au/c1-3-2;;;/h3H,1-2H3;2*1H3;/q;2*-1;. The summed E-state index contributed by atoms with van der Waals surface area (Å²) in [6.07, 6.45) is 0. The largest absolute Gasteiger partial charge is 0.358 e. The molecule has 0 nitrogen and oxygen atoms in total. The molecular formula is C4H13AuP-2. The quantitative estimate of drug-likeness (QED) is 0.362. The molecule has 0 unspecified atom stereocenters. The second kappa shape index (κ2) is 35.0. The van der Waals surface area contributed by atoms with E-state index in [1.54, 1.807) is 0 Å². The predicted molar refractivity (Wildman–Crippen MR) is 33.0 cm³/mol. The fourth-order valence-electron chi connectivity index (χ4n) is 0.